The number of aliphatic carboxylic acids is 1. The van der Waals surface area contributed by atoms with E-state index in [1.807, 2.05) is 18.3 Å². The Kier molecular flexibility index (Phi) is 4.56. The van der Waals surface area contributed by atoms with Gasteiger partial charge in [0, 0.05) is 12.4 Å². The smallest absolute Gasteiger partial charge is 0.309 e. The van der Waals surface area contributed by atoms with Crippen LogP contribution in [-0.4, -0.2) is 16.1 Å². The summed E-state index contributed by atoms with van der Waals surface area (Å²) in [5.41, 5.74) is 0.641. The number of aryl methyl sites for hydroxylation is 1. The van der Waals surface area contributed by atoms with E-state index in [0.717, 1.165) is 50.0 Å². The number of carboxylic acid groups (broad SMARTS) is 1. The second kappa shape index (κ2) is 6.18. The lowest BCUT2D eigenvalue weighted by Crippen LogP contribution is -2.36. The van der Waals surface area contributed by atoms with Crippen LogP contribution in [-0.2, 0) is 11.2 Å². The van der Waals surface area contributed by atoms with E-state index in [-0.39, 0.29) is 0 Å². The van der Waals surface area contributed by atoms with E-state index in [1.54, 1.807) is 6.20 Å². The van der Waals surface area contributed by atoms with Gasteiger partial charge in [0.1, 0.15) is 0 Å². The molecular weight excluding hydrogens is 238 g/mol. The molecular formula is C16H23NO2. The Labute approximate surface area is 115 Å². The Morgan fingerprint density at radius 2 is 2.21 bits per heavy atom. The molecule has 0 radical (unpaired) electrons. The lowest BCUT2D eigenvalue weighted by atomic mass is 9.67. The van der Waals surface area contributed by atoms with Gasteiger partial charge in [-0.05, 0) is 56.1 Å². The van der Waals surface area contributed by atoms with Gasteiger partial charge in [-0.2, -0.15) is 0 Å². The van der Waals surface area contributed by atoms with Gasteiger partial charge in [0.25, 0.3) is 0 Å². The molecule has 1 aliphatic rings. The Bertz CT molecular complexity index is 408. The zero-order chi connectivity index (χ0) is 13.7. The van der Waals surface area contributed by atoms with Crippen molar-refractivity contribution >= 4 is 5.97 Å². The quantitative estimate of drug-likeness (QED) is 0.879. The number of carboxylic acids is 1. The van der Waals surface area contributed by atoms with E-state index < -0.39 is 11.4 Å². The molecule has 0 aromatic carbocycles. The summed E-state index contributed by atoms with van der Waals surface area (Å²) in [5.74, 6) is 0.122. The van der Waals surface area contributed by atoms with Crippen molar-refractivity contribution in [3.63, 3.8) is 0 Å². The molecule has 1 heterocycles. The maximum absolute atomic E-state index is 11.7. The molecule has 1 aromatic heterocycles. The molecule has 1 N–H and O–H groups in total. The highest BCUT2D eigenvalue weighted by molar-refractivity contribution is 5.74. The summed E-state index contributed by atoms with van der Waals surface area (Å²) in [6.45, 7) is 2.20. The van der Waals surface area contributed by atoms with E-state index in [0.29, 0.717) is 0 Å². The van der Waals surface area contributed by atoms with Crippen molar-refractivity contribution < 1.29 is 9.90 Å². The van der Waals surface area contributed by atoms with Crippen LogP contribution in [0.5, 0.6) is 0 Å². The first kappa shape index (κ1) is 14.0. The van der Waals surface area contributed by atoms with Crippen molar-refractivity contribution in [3.05, 3.63) is 30.1 Å². The highest BCUT2D eigenvalue weighted by Gasteiger charge is 2.40. The molecule has 2 rings (SSSR count). The van der Waals surface area contributed by atoms with Crippen molar-refractivity contribution in [2.75, 3.05) is 0 Å². The summed E-state index contributed by atoms with van der Waals surface area (Å²) < 4.78 is 0. The second-order valence-electron chi connectivity index (χ2n) is 5.80. The van der Waals surface area contributed by atoms with E-state index in [4.69, 9.17) is 0 Å². The predicted molar refractivity (Wildman–Crippen MR) is 74.9 cm³/mol. The average Bonchev–Trinajstić information content (AvgIpc) is 2.46. The third-order valence-corrected chi connectivity index (χ3v) is 4.71. The monoisotopic (exact) mass is 261 g/mol. The van der Waals surface area contributed by atoms with Gasteiger partial charge in [-0.3, -0.25) is 9.78 Å². The highest BCUT2D eigenvalue weighted by atomic mass is 16.4. The summed E-state index contributed by atoms with van der Waals surface area (Å²) in [5, 5.41) is 9.61. The van der Waals surface area contributed by atoms with Gasteiger partial charge < -0.3 is 5.11 Å². The fourth-order valence-electron chi connectivity index (χ4n) is 3.14. The topological polar surface area (TPSA) is 50.2 Å². The number of carbonyl (C=O) groups is 1. The first-order valence-corrected chi connectivity index (χ1v) is 7.28. The average molecular weight is 261 g/mol. The van der Waals surface area contributed by atoms with Crippen LogP contribution in [0.2, 0.25) is 0 Å². The lowest BCUT2D eigenvalue weighted by molar-refractivity contribution is -0.152. The fraction of sp³-hybridized carbons (Fsp3) is 0.625. The zero-order valence-electron chi connectivity index (χ0n) is 11.6. The van der Waals surface area contributed by atoms with Gasteiger partial charge in [0.2, 0.25) is 0 Å². The van der Waals surface area contributed by atoms with Gasteiger partial charge in [0.15, 0.2) is 0 Å². The van der Waals surface area contributed by atoms with Crippen LogP contribution in [0.4, 0.5) is 0 Å². The third-order valence-electron chi connectivity index (χ3n) is 4.71. The molecule has 1 aromatic rings. The van der Waals surface area contributed by atoms with E-state index in [2.05, 4.69) is 11.9 Å². The Balaban J connectivity index is 1.99. The van der Waals surface area contributed by atoms with Crippen molar-refractivity contribution in [3.8, 4) is 0 Å². The summed E-state index contributed by atoms with van der Waals surface area (Å²) in [4.78, 5) is 15.8. The molecule has 0 bridgehead atoms. The number of hydrogen-bond donors (Lipinski definition) is 1. The first-order chi connectivity index (χ1) is 9.16. The van der Waals surface area contributed by atoms with Gasteiger partial charge in [-0.25, -0.2) is 0 Å². The Morgan fingerprint density at radius 1 is 1.47 bits per heavy atom. The van der Waals surface area contributed by atoms with Crippen molar-refractivity contribution in [1.82, 2.24) is 4.98 Å². The van der Waals surface area contributed by atoms with Crippen LogP contribution in [0.25, 0.3) is 0 Å². The Hall–Kier alpha value is -1.38. The molecule has 3 nitrogen and oxygen atoms in total. The minimum Gasteiger partial charge on any atom is -0.481 e. The number of aromatic nitrogens is 1. The number of nitrogens with zero attached hydrogens (tertiary/aromatic N) is 1. The molecule has 3 heteroatoms. The van der Waals surface area contributed by atoms with Crippen LogP contribution in [0.1, 0.15) is 51.0 Å². The first-order valence-electron chi connectivity index (χ1n) is 7.28. The lowest BCUT2D eigenvalue weighted by Gasteiger charge is -2.36. The molecule has 0 unspecified atom stereocenters. The van der Waals surface area contributed by atoms with Gasteiger partial charge in [-0.15, -0.1) is 0 Å². The largest absolute Gasteiger partial charge is 0.481 e. The summed E-state index contributed by atoms with van der Waals surface area (Å²) in [6, 6.07) is 3.94. The summed E-state index contributed by atoms with van der Waals surface area (Å²) >= 11 is 0. The number of rotatable bonds is 5. The van der Waals surface area contributed by atoms with Gasteiger partial charge in [0.05, 0.1) is 5.41 Å². The minimum absolute atomic E-state index is 0.499. The molecule has 0 amide bonds. The Morgan fingerprint density at radius 3 is 2.74 bits per heavy atom. The highest BCUT2D eigenvalue weighted by Crippen LogP contribution is 2.43. The van der Waals surface area contributed by atoms with Gasteiger partial charge >= 0.3 is 5.97 Å². The SMILES string of the molecule is CCC1CCC(CCc2cccnc2)(C(=O)O)CC1. The molecule has 0 saturated heterocycles. The summed E-state index contributed by atoms with van der Waals surface area (Å²) in [7, 11) is 0. The molecule has 1 saturated carbocycles. The number of pyridine rings is 1. The maximum atomic E-state index is 11.7. The van der Waals surface area contributed by atoms with Crippen LogP contribution in [0.15, 0.2) is 24.5 Å². The molecule has 104 valence electrons. The molecule has 0 atom stereocenters. The summed E-state index contributed by atoms with van der Waals surface area (Å²) in [6.07, 6.45) is 10.1. The molecule has 19 heavy (non-hydrogen) atoms. The van der Waals surface area contributed by atoms with Crippen molar-refractivity contribution in [2.45, 2.75) is 51.9 Å². The molecule has 0 spiro atoms. The maximum Gasteiger partial charge on any atom is 0.309 e. The van der Waals surface area contributed by atoms with Crippen LogP contribution in [0.3, 0.4) is 0 Å². The van der Waals surface area contributed by atoms with Crippen LogP contribution in [0, 0.1) is 11.3 Å². The predicted octanol–water partition coefficient (Wildman–Crippen LogP) is 3.69. The third kappa shape index (κ3) is 3.34. The van der Waals surface area contributed by atoms with Crippen molar-refractivity contribution in [2.24, 2.45) is 11.3 Å². The van der Waals surface area contributed by atoms with Crippen LogP contribution < -0.4 is 0 Å². The second-order valence-corrected chi connectivity index (χ2v) is 5.80. The minimum atomic E-state index is -0.606. The molecule has 1 aliphatic carbocycles. The van der Waals surface area contributed by atoms with Gasteiger partial charge in [-0.1, -0.05) is 19.4 Å². The normalized spacial score (nSPS) is 27.1. The van der Waals surface area contributed by atoms with E-state index >= 15 is 0 Å². The standard InChI is InChI=1S/C16H23NO2/c1-2-13-5-8-16(9-6-13,15(18)19)10-7-14-4-3-11-17-12-14/h3-4,11-13H,2,5-10H2,1H3,(H,18,19). The number of hydrogen-bond acceptors (Lipinski definition) is 2. The van der Waals surface area contributed by atoms with E-state index in [1.165, 1.54) is 6.42 Å². The molecule has 1 fully saturated rings. The zero-order valence-corrected chi connectivity index (χ0v) is 11.6. The van der Waals surface area contributed by atoms with Crippen LogP contribution >= 0.6 is 0 Å². The fourth-order valence-corrected chi connectivity index (χ4v) is 3.14. The van der Waals surface area contributed by atoms with Crippen molar-refractivity contribution in [1.29, 1.82) is 0 Å². The van der Waals surface area contributed by atoms with E-state index in [9.17, 15) is 9.90 Å². The molecule has 0 aliphatic heterocycles.